The van der Waals surface area contributed by atoms with Crippen LogP contribution in [0, 0.1) is 0 Å². The Morgan fingerprint density at radius 3 is 1.10 bits per heavy atom. The smallest absolute Gasteiger partial charge is 0.463 e. The molecule has 0 aromatic heterocycles. The highest BCUT2D eigenvalue weighted by Crippen LogP contribution is 2.49. The van der Waals surface area contributed by atoms with E-state index in [0.29, 0.717) is 19.3 Å². The van der Waals surface area contributed by atoms with E-state index in [-0.39, 0.29) is 19.3 Å². The number of ether oxygens (including phenoxy) is 7. The topological polar surface area (TPSA) is 374 Å². The largest absolute Gasteiger partial charge is 0.472 e. The van der Waals surface area contributed by atoms with Crippen molar-refractivity contribution in [2.45, 2.75) is 401 Å². The van der Waals surface area contributed by atoms with Crippen LogP contribution >= 0.6 is 7.82 Å². The Balaban J connectivity index is 1.73. The summed E-state index contributed by atoms with van der Waals surface area (Å²) in [6, 6.07) is 0. The first-order valence-electron chi connectivity index (χ1n) is 38.6. The van der Waals surface area contributed by atoms with Crippen LogP contribution in [0.25, 0.3) is 0 Å². The Bertz CT molecular complexity index is 2140. The summed E-state index contributed by atoms with van der Waals surface area (Å²) in [6.07, 6.45) is 16.7. The SMILES string of the molecule is CCCCCCCCC/C=C\CCCCCC(=O)OCC(COP(=O)(O)OC1C(OC2OC(CO)C(O)C(O)C2O)C(O)C(O)C(O)C1OC1OC(COC(=O)CCCCC/C=C\CCCCCCCCC)C(O)C(O)C1O)OC(=O)CCCCCCCCCCCCCCCCCC. The minimum absolute atomic E-state index is 0.00802. The first kappa shape index (κ1) is 90.7. The molecule has 2 saturated heterocycles. The van der Waals surface area contributed by atoms with Gasteiger partial charge in [0.1, 0.15) is 98.7 Å². The number of hydrogen-bond donors (Lipinski definition) is 11. The monoisotopic (exact) mass is 1440 g/mol. The number of phosphoric acid groups is 1. The Morgan fingerprint density at radius 2 is 0.707 bits per heavy atom. The molecule has 3 aliphatic rings. The van der Waals surface area contributed by atoms with Crippen molar-refractivity contribution in [2.24, 2.45) is 0 Å². The quantitative estimate of drug-likeness (QED) is 0.00886. The lowest BCUT2D eigenvalue weighted by atomic mass is 9.84. The second kappa shape index (κ2) is 55.9. The maximum atomic E-state index is 14.3. The Labute approximate surface area is 592 Å². The van der Waals surface area contributed by atoms with Crippen LogP contribution in [-0.2, 0) is 61.2 Å². The third-order valence-electron chi connectivity index (χ3n) is 19.0. The van der Waals surface area contributed by atoms with Crippen LogP contribution in [-0.4, -0.2) is 204 Å². The van der Waals surface area contributed by atoms with Gasteiger partial charge in [-0.25, -0.2) is 4.57 Å². The van der Waals surface area contributed by atoms with Crippen molar-refractivity contribution in [1.29, 1.82) is 0 Å². The first-order chi connectivity index (χ1) is 47.8. The number of allylic oxidation sites excluding steroid dienone is 4. The zero-order chi connectivity index (χ0) is 72.5. The number of unbranched alkanes of at least 4 members (excludes halogenated alkanes) is 35. The van der Waals surface area contributed by atoms with Crippen molar-refractivity contribution in [3.05, 3.63) is 24.3 Å². The lowest BCUT2D eigenvalue weighted by Crippen LogP contribution is -2.69. The van der Waals surface area contributed by atoms with Crippen molar-refractivity contribution >= 4 is 25.7 Å². The van der Waals surface area contributed by atoms with E-state index in [0.717, 1.165) is 96.3 Å². The highest BCUT2D eigenvalue weighted by Gasteiger charge is 2.58. The molecule has 18 atom stereocenters. The highest BCUT2D eigenvalue weighted by molar-refractivity contribution is 7.47. The molecular weight excluding hydrogens is 1300 g/mol. The fourth-order valence-electron chi connectivity index (χ4n) is 12.6. The van der Waals surface area contributed by atoms with Gasteiger partial charge >= 0.3 is 25.7 Å². The van der Waals surface area contributed by atoms with Crippen LogP contribution in [0.1, 0.15) is 297 Å². The van der Waals surface area contributed by atoms with Crippen molar-refractivity contribution in [2.75, 3.05) is 26.4 Å². The van der Waals surface area contributed by atoms with E-state index in [4.69, 9.17) is 42.2 Å². The van der Waals surface area contributed by atoms with Gasteiger partial charge in [0.25, 0.3) is 0 Å². The average Bonchev–Trinajstić information content (AvgIpc) is 0.764. The Hall–Kier alpha value is -2.56. The van der Waals surface area contributed by atoms with E-state index < -0.39 is 156 Å². The molecule has 3 rings (SSSR count). The molecule has 18 unspecified atom stereocenters. The molecule has 25 heteroatoms. The van der Waals surface area contributed by atoms with Crippen molar-refractivity contribution in [1.82, 2.24) is 0 Å². The molecule has 24 nitrogen and oxygen atoms in total. The minimum Gasteiger partial charge on any atom is -0.463 e. The van der Waals surface area contributed by atoms with Gasteiger partial charge in [0.2, 0.25) is 0 Å². The van der Waals surface area contributed by atoms with Crippen molar-refractivity contribution in [3.63, 3.8) is 0 Å². The zero-order valence-corrected chi connectivity index (χ0v) is 61.4. The minimum atomic E-state index is -5.70. The summed E-state index contributed by atoms with van der Waals surface area (Å²) in [5.41, 5.74) is 0. The van der Waals surface area contributed by atoms with Crippen LogP contribution in [0.4, 0.5) is 0 Å². The third kappa shape index (κ3) is 38.9. The molecule has 1 aliphatic carbocycles. The molecule has 0 aromatic carbocycles. The fraction of sp³-hybridized carbons (Fsp3) is 0.905. The second-order valence-corrected chi connectivity index (χ2v) is 29.1. The molecule has 580 valence electrons. The molecule has 0 spiro atoms. The van der Waals surface area contributed by atoms with Gasteiger partial charge in [-0.3, -0.25) is 23.4 Å². The maximum absolute atomic E-state index is 14.3. The predicted molar refractivity (Wildman–Crippen MR) is 374 cm³/mol. The average molecular weight is 1440 g/mol. The second-order valence-electron chi connectivity index (χ2n) is 27.7. The third-order valence-corrected chi connectivity index (χ3v) is 19.9. The van der Waals surface area contributed by atoms with E-state index in [1.54, 1.807) is 0 Å². The zero-order valence-electron chi connectivity index (χ0n) is 60.5. The van der Waals surface area contributed by atoms with Gasteiger partial charge in [0.05, 0.1) is 13.2 Å². The molecule has 2 heterocycles. The standard InChI is InChI=1S/C74H135O24P/c1-4-7-10-13-16-19-22-25-28-29-32-35-38-41-44-47-50-60(78)93-55(52-90-58(76)48-45-42-39-36-33-30-26-23-20-17-14-11-8-5-2)53-92-99(88,89)98-72-70(96-73-68(86)63(81)61(79)56(51-75)94-73)66(84)65(83)67(85)71(72)97-74-69(87)64(82)62(80)57(95-74)54-91-59(77)49-46-43-40-37-34-31-27-24-21-18-15-12-9-6-3/h30-31,33-34,55-57,61-75,79-87H,4-29,32,35-54H2,1-3H3,(H,88,89)/b33-30-,34-31-. The van der Waals surface area contributed by atoms with Crippen LogP contribution < -0.4 is 0 Å². The molecule has 1 saturated carbocycles. The van der Waals surface area contributed by atoms with E-state index in [1.807, 2.05) is 0 Å². The summed E-state index contributed by atoms with van der Waals surface area (Å²) >= 11 is 0. The summed E-state index contributed by atoms with van der Waals surface area (Å²) < 4.78 is 65.0. The molecule has 11 N–H and O–H groups in total. The molecule has 99 heavy (non-hydrogen) atoms. The lowest BCUT2D eigenvalue weighted by molar-refractivity contribution is -0.360. The summed E-state index contributed by atoms with van der Waals surface area (Å²) in [4.78, 5) is 51.0. The number of hydrogen-bond acceptors (Lipinski definition) is 23. The Kier molecular flexibility index (Phi) is 51.2. The summed E-state index contributed by atoms with van der Waals surface area (Å²) in [6.45, 7) is 3.43. The van der Waals surface area contributed by atoms with Crippen LogP contribution in [0.15, 0.2) is 24.3 Å². The maximum Gasteiger partial charge on any atom is 0.472 e. The molecular formula is C74H135O24P. The summed E-state index contributed by atoms with van der Waals surface area (Å²) in [5.74, 6) is -2.02. The number of esters is 3. The number of rotatable bonds is 60. The summed E-state index contributed by atoms with van der Waals surface area (Å²) in [5, 5.41) is 110. The van der Waals surface area contributed by atoms with Gasteiger partial charge in [-0.2, -0.15) is 0 Å². The fourth-order valence-corrected chi connectivity index (χ4v) is 13.6. The molecule has 0 amide bonds. The first-order valence-corrected chi connectivity index (χ1v) is 40.1. The molecule has 0 aromatic rings. The molecule has 0 bridgehead atoms. The number of phosphoric ester groups is 1. The van der Waals surface area contributed by atoms with Crippen LogP contribution in [0.2, 0.25) is 0 Å². The number of carbonyl (C=O) groups excluding carboxylic acids is 3. The predicted octanol–water partition coefficient (Wildman–Crippen LogP) is 10.9. The van der Waals surface area contributed by atoms with Gasteiger partial charge < -0.3 is 89.1 Å². The highest BCUT2D eigenvalue weighted by atomic mass is 31.2. The van der Waals surface area contributed by atoms with E-state index >= 15 is 0 Å². The van der Waals surface area contributed by atoms with Gasteiger partial charge in [0, 0.05) is 19.3 Å². The molecule has 2 aliphatic heterocycles. The molecule has 3 fully saturated rings. The molecule has 0 radical (unpaired) electrons. The van der Waals surface area contributed by atoms with Crippen molar-refractivity contribution in [3.8, 4) is 0 Å². The normalized spacial score (nSPS) is 27.6. The van der Waals surface area contributed by atoms with Gasteiger partial charge in [-0.1, -0.05) is 231 Å². The van der Waals surface area contributed by atoms with E-state index in [9.17, 15) is 74.9 Å². The van der Waals surface area contributed by atoms with Gasteiger partial charge in [-0.05, 0) is 70.6 Å². The van der Waals surface area contributed by atoms with E-state index in [2.05, 4.69) is 45.1 Å². The number of carbonyl (C=O) groups is 3. The van der Waals surface area contributed by atoms with Crippen LogP contribution in [0.5, 0.6) is 0 Å². The van der Waals surface area contributed by atoms with E-state index in [1.165, 1.54) is 141 Å². The van der Waals surface area contributed by atoms with Crippen molar-refractivity contribution < 1.29 is 117 Å². The van der Waals surface area contributed by atoms with Gasteiger partial charge in [-0.15, -0.1) is 0 Å². The number of aliphatic hydroxyl groups excluding tert-OH is 10. The summed E-state index contributed by atoms with van der Waals surface area (Å²) in [7, 11) is -5.70. The van der Waals surface area contributed by atoms with Gasteiger partial charge in [0.15, 0.2) is 18.7 Å². The Morgan fingerprint density at radius 1 is 0.384 bits per heavy atom. The number of aliphatic hydroxyl groups is 10. The van der Waals surface area contributed by atoms with Crippen LogP contribution in [0.3, 0.4) is 0 Å². The lowest BCUT2D eigenvalue weighted by Gasteiger charge is -2.49.